The Morgan fingerprint density at radius 3 is 2.84 bits per heavy atom. The largest absolute Gasteiger partial charge is 0.388 e. The Morgan fingerprint density at radius 1 is 1.30 bits per heavy atom. The van der Waals surface area contributed by atoms with Gasteiger partial charge in [0, 0.05) is 67.5 Å². The zero-order valence-electron chi connectivity index (χ0n) is 22.4. The number of carbonyl (C=O) groups is 2. The molecular weight excluding hydrogens is 466 g/mol. The van der Waals surface area contributed by atoms with Crippen LogP contribution in [-0.2, 0) is 16.8 Å². The lowest BCUT2D eigenvalue weighted by atomic mass is 9.91. The van der Waals surface area contributed by atoms with Gasteiger partial charge in [0.1, 0.15) is 0 Å². The summed E-state index contributed by atoms with van der Waals surface area (Å²) in [7, 11) is 0. The topological polar surface area (TPSA) is 89.0 Å². The van der Waals surface area contributed by atoms with E-state index in [0.29, 0.717) is 26.1 Å². The van der Waals surface area contributed by atoms with Crippen molar-refractivity contribution in [3.8, 4) is 0 Å². The first-order valence-electron chi connectivity index (χ1n) is 13.5. The summed E-state index contributed by atoms with van der Waals surface area (Å²) in [4.78, 5) is 37.5. The maximum absolute atomic E-state index is 13.8. The minimum Gasteiger partial charge on any atom is -0.388 e. The molecule has 0 radical (unpaired) electrons. The lowest BCUT2D eigenvalue weighted by molar-refractivity contribution is -0.120. The van der Waals surface area contributed by atoms with Crippen LogP contribution in [0.1, 0.15) is 73.8 Å². The third-order valence-corrected chi connectivity index (χ3v) is 8.01. The van der Waals surface area contributed by atoms with Crippen molar-refractivity contribution in [2.75, 3.05) is 37.6 Å². The number of hydrogen-bond donors (Lipinski definition) is 2. The van der Waals surface area contributed by atoms with Crippen LogP contribution in [0.15, 0.2) is 36.5 Å². The summed E-state index contributed by atoms with van der Waals surface area (Å²) in [6.45, 7) is 11.9. The minimum atomic E-state index is -0.580. The third-order valence-electron chi connectivity index (χ3n) is 8.01. The number of rotatable bonds is 7. The molecule has 0 saturated carbocycles. The van der Waals surface area contributed by atoms with Gasteiger partial charge in [-0.2, -0.15) is 0 Å². The Labute approximate surface area is 219 Å². The number of benzene rings is 1. The van der Waals surface area contributed by atoms with E-state index in [1.54, 1.807) is 6.20 Å². The standard InChI is InChI=1S/C29H39N5O3/c1-5-8-25(35)21-11-24-27(31-12-21)29(3,4)18-34(24)26(36)17-32-14-19(2)30-13-22(32)16-33-15-20-9-6-7-10-23(20)28(33)37/h6-7,9-12,19,22,25,30,35H,5,8,13-18H2,1-4H3/t19-,22-,25?/m1/s1. The van der Waals surface area contributed by atoms with Gasteiger partial charge in [0.05, 0.1) is 24.0 Å². The van der Waals surface area contributed by atoms with E-state index in [1.165, 1.54) is 0 Å². The van der Waals surface area contributed by atoms with Crippen LogP contribution in [0, 0.1) is 0 Å². The number of piperazine rings is 1. The van der Waals surface area contributed by atoms with Gasteiger partial charge in [0.2, 0.25) is 5.91 Å². The molecule has 2 N–H and O–H groups in total. The lowest BCUT2D eigenvalue weighted by Crippen LogP contribution is -2.60. The smallest absolute Gasteiger partial charge is 0.254 e. The molecule has 0 aliphatic carbocycles. The van der Waals surface area contributed by atoms with Crippen molar-refractivity contribution in [1.29, 1.82) is 0 Å². The minimum absolute atomic E-state index is 0.0332. The van der Waals surface area contributed by atoms with E-state index in [0.717, 1.165) is 47.6 Å². The molecule has 0 bridgehead atoms. The molecule has 2 aromatic rings. The summed E-state index contributed by atoms with van der Waals surface area (Å²) >= 11 is 0. The molecule has 198 valence electrons. The number of aliphatic hydroxyl groups is 1. The van der Waals surface area contributed by atoms with Crippen LogP contribution in [-0.4, -0.2) is 76.5 Å². The number of anilines is 1. The Morgan fingerprint density at radius 2 is 2.08 bits per heavy atom. The first kappa shape index (κ1) is 25.8. The van der Waals surface area contributed by atoms with Crippen molar-refractivity contribution in [2.24, 2.45) is 0 Å². The van der Waals surface area contributed by atoms with Crippen LogP contribution in [0.4, 0.5) is 5.69 Å². The monoisotopic (exact) mass is 505 g/mol. The molecule has 8 heteroatoms. The summed E-state index contributed by atoms with van der Waals surface area (Å²) in [5.41, 5.74) is 4.07. The average Bonchev–Trinajstić information content (AvgIpc) is 3.33. The quantitative estimate of drug-likeness (QED) is 0.602. The third kappa shape index (κ3) is 5.02. The summed E-state index contributed by atoms with van der Waals surface area (Å²) in [5.74, 6) is 0.103. The molecule has 2 amide bonds. The van der Waals surface area contributed by atoms with Gasteiger partial charge in [0.15, 0.2) is 0 Å². The van der Waals surface area contributed by atoms with Crippen LogP contribution in [0.5, 0.6) is 0 Å². The van der Waals surface area contributed by atoms with E-state index in [4.69, 9.17) is 4.98 Å². The Hall–Kier alpha value is -2.81. The summed E-state index contributed by atoms with van der Waals surface area (Å²) in [5, 5.41) is 14.1. The van der Waals surface area contributed by atoms with Gasteiger partial charge in [-0.15, -0.1) is 0 Å². The van der Waals surface area contributed by atoms with Crippen molar-refractivity contribution in [2.45, 2.75) is 70.7 Å². The summed E-state index contributed by atoms with van der Waals surface area (Å²) in [6, 6.07) is 10.1. The average molecular weight is 506 g/mol. The highest BCUT2D eigenvalue weighted by molar-refractivity contribution is 5.98. The van der Waals surface area contributed by atoms with E-state index < -0.39 is 6.10 Å². The maximum Gasteiger partial charge on any atom is 0.254 e. The zero-order valence-corrected chi connectivity index (χ0v) is 22.4. The number of hydrogen-bond acceptors (Lipinski definition) is 6. The lowest BCUT2D eigenvalue weighted by Gasteiger charge is -2.41. The van der Waals surface area contributed by atoms with Gasteiger partial charge in [-0.1, -0.05) is 45.4 Å². The number of fused-ring (bicyclic) bond motifs is 2. The number of aromatic nitrogens is 1. The van der Waals surface area contributed by atoms with Crippen LogP contribution in [0.25, 0.3) is 0 Å². The normalized spacial score (nSPS) is 23.8. The highest BCUT2D eigenvalue weighted by Gasteiger charge is 2.41. The van der Waals surface area contributed by atoms with E-state index in [-0.39, 0.29) is 35.9 Å². The molecule has 1 unspecified atom stereocenters. The Balaban J connectivity index is 1.33. The molecule has 3 aliphatic rings. The van der Waals surface area contributed by atoms with Gasteiger partial charge in [-0.05, 0) is 31.0 Å². The van der Waals surface area contributed by atoms with Gasteiger partial charge < -0.3 is 20.2 Å². The van der Waals surface area contributed by atoms with Gasteiger partial charge in [-0.25, -0.2) is 0 Å². The maximum atomic E-state index is 13.8. The van der Waals surface area contributed by atoms with Crippen molar-refractivity contribution in [1.82, 2.24) is 20.1 Å². The van der Waals surface area contributed by atoms with Crippen molar-refractivity contribution >= 4 is 17.5 Å². The number of nitrogens with zero attached hydrogens (tertiary/aromatic N) is 4. The van der Waals surface area contributed by atoms with Crippen molar-refractivity contribution in [3.63, 3.8) is 0 Å². The molecule has 4 heterocycles. The second-order valence-corrected chi connectivity index (χ2v) is 11.5. The van der Waals surface area contributed by atoms with Crippen LogP contribution in [0.2, 0.25) is 0 Å². The molecule has 5 rings (SSSR count). The number of pyridine rings is 1. The van der Waals surface area contributed by atoms with Crippen molar-refractivity contribution < 1.29 is 14.7 Å². The fraction of sp³-hybridized carbons (Fsp3) is 0.552. The van der Waals surface area contributed by atoms with Gasteiger partial charge in [0.25, 0.3) is 5.91 Å². The van der Waals surface area contributed by atoms with E-state index >= 15 is 0 Å². The molecule has 37 heavy (non-hydrogen) atoms. The van der Waals surface area contributed by atoms with E-state index in [9.17, 15) is 14.7 Å². The highest BCUT2D eigenvalue weighted by atomic mass is 16.3. The highest BCUT2D eigenvalue weighted by Crippen LogP contribution is 2.40. The molecule has 3 atom stereocenters. The van der Waals surface area contributed by atoms with Crippen LogP contribution >= 0.6 is 0 Å². The first-order valence-corrected chi connectivity index (χ1v) is 13.5. The fourth-order valence-electron chi connectivity index (χ4n) is 5.98. The molecule has 0 spiro atoms. The predicted molar refractivity (Wildman–Crippen MR) is 143 cm³/mol. The zero-order chi connectivity index (χ0) is 26.3. The molecule has 1 saturated heterocycles. The number of nitrogens with one attached hydrogen (secondary N) is 1. The predicted octanol–water partition coefficient (Wildman–Crippen LogP) is 2.86. The second kappa shape index (κ2) is 10.2. The molecule has 1 aromatic heterocycles. The SMILES string of the molecule is CCCC(O)c1cnc2c(c1)N(C(=O)CN1C[C@@H](C)NC[C@@H]1CN1Cc3ccccc3C1=O)CC2(C)C. The molecule has 8 nitrogen and oxygen atoms in total. The second-order valence-electron chi connectivity index (χ2n) is 11.5. The molecule has 1 aromatic carbocycles. The van der Waals surface area contributed by atoms with Crippen LogP contribution in [0.3, 0.4) is 0 Å². The molecule has 1 fully saturated rings. The molecular formula is C29H39N5O3. The fourth-order valence-corrected chi connectivity index (χ4v) is 5.98. The van der Waals surface area contributed by atoms with Crippen LogP contribution < -0.4 is 10.2 Å². The number of carbonyl (C=O) groups excluding carboxylic acids is 2. The van der Waals surface area contributed by atoms with E-state index in [2.05, 4.69) is 31.0 Å². The summed E-state index contributed by atoms with van der Waals surface area (Å²) < 4.78 is 0. The molecule has 3 aliphatic heterocycles. The van der Waals surface area contributed by atoms with Gasteiger partial charge in [-0.3, -0.25) is 19.5 Å². The number of aliphatic hydroxyl groups excluding tert-OH is 1. The Bertz CT molecular complexity index is 1180. The van der Waals surface area contributed by atoms with Gasteiger partial charge >= 0.3 is 0 Å². The first-order chi connectivity index (χ1) is 17.7. The Kier molecular flexibility index (Phi) is 7.09. The number of amides is 2. The summed E-state index contributed by atoms with van der Waals surface area (Å²) in [6.07, 6.45) is 2.72. The van der Waals surface area contributed by atoms with Crippen molar-refractivity contribution in [3.05, 3.63) is 58.9 Å². The van der Waals surface area contributed by atoms with E-state index in [1.807, 2.05) is 47.1 Å².